The fourth-order valence-corrected chi connectivity index (χ4v) is 2.33. The molecule has 1 N–H and O–H groups in total. The van der Waals surface area contributed by atoms with Crippen molar-refractivity contribution in [2.45, 2.75) is 25.8 Å². The molecule has 2 rings (SSSR count). The van der Waals surface area contributed by atoms with Gasteiger partial charge in [-0.1, -0.05) is 37.1 Å². The molecule has 0 radical (unpaired) electrons. The summed E-state index contributed by atoms with van der Waals surface area (Å²) in [6.45, 7) is 2.18. The Kier molecular flexibility index (Phi) is 5.23. The van der Waals surface area contributed by atoms with Crippen LogP contribution in [0.3, 0.4) is 0 Å². The maximum atomic E-state index is 5.94. The van der Waals surface area contributed by atoms with Crippen molar-refractivity contribution in [3.8, 4) is 0 Å². The van der Waals surface area contributed by atoms with Gasteiger partial charge in [-0.05, 0) is 52.2 Å². The van der Waals surface area contributed by atoms with Crippen molar-refractivity contribution in [3.63, 3.8) is 0 Å². The second kappa shape index (κ2) is 6.92. The minimum absolute atomic E-state index is 0.283. The van der Waals surface area contributed by atoms with Gasteiger partial charge in [0.2, 0.25) is 0 Å². The Hall–Kier alpha value is -1.06. The molecule has 2 aromatic rings. The maximum Gasteiger partial charge on any atom is 0.106 e. The third-order valence-electron chi connectivity index (χ3n) is 2.92. The second-order valence-electron chi connectivity index (χ2n) is 4.41. The lowest BCUT2D eigenvalue weighted by Gasteiger charge is -2.19. The lowest BCUT2D eigenvalue weighted by atomic mass is 10.0. The van der Waals surface area contributed by atoms with Crippen LogP contribution in [0.25, 0.3) is 0 Å². The van der Waals surface area contributed by atoms with E-state index in [1.165, 1.54) is 5.56 Å². The van der Waals surface area contributed by atoms with E-state index in [4.69, 9.17) is 11.6 Å². The van der Waals surface area contributed by atoms with Crippen LogP contribution in [0.2, 0.25) is 5.02 Å². The summed E-state index contributed by atoms with van der Waals surface area (Å²) in [7, 11) is 0. The monoisotopic (exact) mass is 338 g/mol. The van der Waals surface area contributed by atoms with E-state index in [0.29, 0.717) is 0 Å². The molecule has 100 valence electrons. The molecule has 4 heteroatoms. The van der Waals surface area contributed by atoms with Crippen LogP contribution in [-0.4, -0.2) is 4.98 Å². The standard InChI is InChI=1S/C15H16BrClN2/c1-2-3-14(11-4-6-12(17)7-5-11)19-13-8-9-15(16)18-10-13/h4-10,14,19H,2-3H2,1H3. The van der Waals surface area contributed by atoms with Gasteiger partial charge in [0.25, 0.3) is 0 Å². The molecule has 0 fully saturated rings. The van der Waals surface area contributed by atoms with Crippen molar-refractivity contribution in [2.75, 3.05) is 5.32 Å². The van der Waals surface area contributed by atoms with E-state index in [2.05, 4.69) is 45.3 Å². The molecule has 1 heterocycles. The van der Waals surface area contributed by atoms with Crippen molar-refractivity contribution in [3.05, 3.63) is 57.8 Å². The first-order valence-electron chi connectivity index (χ1n) is 6.32. The molecule has 0 spiro atoms. The molecule has 0 aliphatic heterocycles. The van der Waals surface area contributed by atoms with Gasteiger partial charge in [-0.3, -0.25) is 0 Å². The van der Waals surface area contributed by atoms with Crippen LogP contribution in [-0.2, 0) is 0 Å². The Morgan fingerprint density at radius 2 is 1.95 bits per heavy atom. The highest BCUT2D eigenvalue weighted by molar-refractivity contribution is 9.10. The lowest BCUT2D eigenvalue weighted by molar-refractivity contribution is 0.677. The highest BCUT2D eigenvalue weighted by Crippen LogP contribution is 2.25. The first kappa shape index (κ1) is 14.4. The zero-order valence-corrected chi connectivity index (χ0v) is 13.1. The van der Waals surface area contributed by atoms with E-state index in [0.717, 1.165) is 28.2 Å². The Morgan fingerprint density at radius 3 is 2.53 bits per heavy atom. The Morgan fingerprint density at radius 1 is 1.21 bits per heavy atom. The topological polar surface area (TPSA) is 24.9 Å². The predicted octanol–water partition coefficient (Wildman–Crippen LogP) is 5.45. The number of anilines is 1. The van der Waals surface area contributed by atoms with Gasteiger partial charge in [0, 0.05) is 5.02 Å². The Balaban J connectivity index is 2.15. The van der Waals surface area contributed by atoms with Crippen molar-refractivity contribution in [1.82, 2.24) is 4.98 Å². The van der Waals surface area contributed by atoms with Gasteiger partial charge in [0.1, 0.15) is 4.60 Å². The van der Waals surface area contributed by atoms with Crippen LogP contribution >= 0.6 is 27.5 Å². The van der Waals surface area contributed by atoms with Gasteiger partial charge in [-0.15, -0.1) is 0 Å². The molecule has 1 aromatic carbocycles. The summed E-state index contributed by atoms with van der Waals surface area (Å²) >= 11 is 9.28. The number of aromatic nitrogens is 1. The number of nitrogens with zero attached hydrogens (tertiary/aromatic N) is 1. The minimum Gasteiger partial charge on any atom is -0.377 e. The first-order chi connectivity index (χ1) is 9.19. The summed E-state index contributed by atoms with van der Waals surface area (Å²) in [6.07, 6.45) is 4.02. The van der Waals surface area contributed by atoms with E-state index < -0.39 is 0 Å². The molecule has 0 aliphatic rings. The fourth-order valence-electron chi connectivity index (χ4n) is 1.97. The Labute approximate surface area is 127 Å². The molecule has 1 aromatic heterocycles. The number of hydrogen-bond donors (Lipinski definition) is 1. The molecule has 0 amide bonds. The SMILES string of the molecule is CCCC(Nc1ccc(Br)nc1)c1ccc(Cl)cc1. The first-order valence-corrected chi connectivity index (χ1v) is 7.49. The van der Waals surface area contributed by atoms with Crippen LogP contribution in [0, 0.1) is 0 Å². The second-order valence-corrected chi connectivity index (χ2v) is 5.66. The normalized spacial score (nSPS) is 12.2. The average molecular weight is 340 g/mol. The van der Waals surface area contributed by atoms with Gasteiger partial charge in [-0.2, -0.15) is 0 Å². The summed E-state index contributed by atoms with van der Waals surface area (Å²) in [5, 5.41) is 4.28. The van der Waals surface area contributed by atoms with Gasteiger partial charge in [-0.25, -0.2) is 4.98 Å². The quantitative estimate of drug-likeness (QED) is 0.733. The van der Waals surface area contributed by atoms with E-state index in [9.17, 15) is 0 Å². The van der Waals surface area contributed by atoms with Crippen LogP contribution in [0.4, 0.5) is 5.69 Å². The number of hydrogen-bond acceptors (Lipinski definition) is 2. The fraction of sp³-hybridized carbons (Fsp3) is 0.267. The largest absolute Gasteiger partial charge is 0.377 e. The third-order valence-corrected chi connectivity index (χ3v) is 3.64. The van der Waals surface area contributed by atoms with Crippen LogP contribution in [0.5, 0.6) is 0 Å². The molecule has 19 heavy (non-hydrogen) atoms. The molecule has 1 atom stereocenters. The zero-order valence-electron chi connectivity index (χ0n) is 10.7. The zero-order chi connectivity index (χ0) is 13.7. The summed E-state index contributed by atoms with van der Waals surface area (Å²) in [5.41, 5.74) is 2.27. The summed E-state index contributed by atoms with van der Waals surface area (Å²) in [6, 6.07) is 12.2. The number of rotatable bonds is 5. The van der Waals surface area contributed by atoms with E-state index in [1.54, 1.807) is 0 Å². The summed E-state index contributed by atoms with van der Waals surface area (Å²) in [4.78, 5) is 4.23. The summed E-state index contributed by atoms with van der Waals surface area (Å²) < 4.78 is 0.844. The minimum atomic E-state index is 0.283. The molecular weight excluding hydrogens is 324 g/mol. The highest BCUT2D eigenvalue weighted by Gasteiger charge is 2.10. The van der Waals surface area contributed by atoms with Crippen LogP contribution in [0.1, 0.15) is 31.4 Å². The predicted molar refractivity (Wildman–Crippen MR) is 84.7 cm³/mol. The summed E-state index contributed by atoms with van der Waals surface area (Å²) in [5.74, 6) is 0. The molecule has 0 bridgehead atoms. The smallest absolute Gasteiger partial charge is 0.106 e. The maximum absolute atomic E-state index is 5.94. The van der Waals surface area contributed by atoms with Crippen molar-refractivity contribution in [1.29, 1.82) is 0 Å². The van der Waals surface area contributed by atoms with E-state index in [1.807, 2.05) is 30.5 Å². The average Bonchev–Trinajstić information content (AvgIpc) is 2.42. The molecule has 0 saturated carbocycles. The van der Waals surface area contributed by atoms with Crippen molar-refractivity contribution >= 4 is 33.2 Å². The van der Waals surface area contributed by atoms with Gasteiger partial charge in [0.15, 0.2) is 0 Å². The van der Waals surface area contributed by atoms with Gasteiger partial charge >= 0.3 is 0 Å². The van der Waals surface area contributed by atoms with Crippen LogP contribution in [0.15, 0.2) is 47.2 Å². The van der Waals surface area contributed by atoms with Crippen molar-refractivity contribution in [2.24, 2.45) is 0 Å². The number of nitrogens with one attached hydrogen (secondary N) is 1. The van der Waals surface area contributed by atoms with E-state index >= 15 is 0 Å². The molecule has 2 nitrogen and oxygen atoms in total. The third kappa shape index (κ3) is 4.22. The molecule has 0 aliphatic carbocycles. The van der Waals surface area contributed by atoms with Gasteiger partial charge in [0.05, 0.1) is 17.9 Å². The van der Waals surface area contributed by atoms with Gasteiger partial charge < -0.3 is 5.32 Å². The van der Waals surface area contributed by atoms with Crippen LogP contribution < -0.4 is 5.32 Å². The van der Waals surface area contributed by atoms with E-state index in [-0.39, 0.29) is 6.04 Å². The molecular formula is C15H16BrClN2. The highest BCUT2D eigenvalue weighted by atomic mass is 79.9. The van der Waals surface area contributed by atoms with Crippen molar-refractivity contribution < 1.29 is 0 Å². The Bertz CT molecular complexity index is 511. The molecule has 1 unspecified atom stereocenters. The lowest BCUT2D eigenvalue weighted by Crippen LogP contribution is -2.10. The number of benzene rings is 1. The molecule has 0 saturated heterocycles. The number of pyridine rings is 1. The number of halogens is 2.